The lowest BCUT2D eigenvalue weighted by molar-refractivity contribution is -0.0869. The second-order valence-corrected chi connectivity index (χ2v) is 5.61. The van der Waals surface area contributed by atoms with Gasteiger partial charge in [0.15, 0.2) is 0 Å². The molecule has 0 bridgehead atoms. The van der Waals surface area contributed by atoms with E-state index >= 15 is 0 Å². The number of nitrogens with one attached hydrogen (secondary N) is 1. The van der Waals surface area contributed by atoms with E-state index in [4.69, 9.17) is 9.47 Å². The van der Waals surface area contributed by atoms with Crippen LogP contribution in [0.3, 0.4) is 0 Å². The smallest absolute Gasteiger partial charge is 0.0933 e. The molecule has 1 aliphatic rings. The van der Waals surface area contributed by atoms with Gasteiger partial charge in [0.05, 0.1) is 36.6 Å². The zero-order chi connectivity index (χ0) is 12.3. The molecule has 1 saturated heterocycles. The number of aryl methyl sites for hydroxylation is 2. The molecular formula is C12H20N2O2S. The highest BCUT2D eigenvalue weighted by Gasteiger charge is 2.17. The van der Waals surface area contributed by atoms with Crippen molar-refractivity contribution in [1.29, 1.82) is 0 Å². The second kappa shape index (κ2) is 5.91. The number of nitrogens with zero attached hydrogens (tertiary/aromatic N) is 1. The van der Waals surface area contributed by atoms with Gasteiger partial charge in [-0.15, -0.1) is 11.3 Å². The Balaban J connectivity index is 1.84. The number of hydrogen-bond acceptors (Lipinski definition) is 5. The van der Waals surface area contributed by atoms with Gasteiger partial charge in [-0.1, -0.05) is 0 Å². The van der Waals surface area contributed by atoms with Gasteiger partial charge in [-0.05, 0) is 20.8 Å². The fourth-order valence-corrected chi connectivity index (χ4v) is 2.96. The maximum absolute atomic E-state index is 5.60. The van der Waals surface area contributed by atoms with E-state index in [-0.39, 0.29) is 6.10 Å². The first-order valence-electron chi connectivity index (χ1n) is 6.03. The molecule has 1 aromatic heterocycles. The lowest BCUT2D eigenvalue weighted by atomic mass is 10.2. The van der Waals surface area contributed by atoms with Gasteiger partial charge in [-0.2, -0.15) is 0 Å². The van der Waals surface area contributed by atoms with Crippen molar-refractivity contribution in [3.05, 3.63) is 15.6 Å². The fourth-order valence-electron chi connectivity index (χ4n) is 2.00. The molecule has 1 N–H and O–H groups in total. The highest BCUT2D eigenvalue weighted by molar-refractivity contribution is 7.11. The Morgan fingerprint density at radius 1 is 1.47 bits per heavy atom. The van der Waals surface area contributed by atoms with E-state index in [0.29, 0.717) is 19.3 Å². The van der Waals surface area contributed by atoms with Gasteiger partial charge < -0.3 is 14.8 Å². The van der Waals surface area contributed by atoms with E-state index in [9.17, 15) is 0 Å². The van der Waals surface area contributed by atoms with Gasteiger partial charge in [0.25, 0.3) is 0 Å². The number of aromatic nitrogens is 1. The quantitative estimate of drug-likeness (QED) is 0.892. The molecule has 0 radical (unpaired) electrons. The Morgan fingerprint density at radius 3 is 2.88 bits per heavy atom. The minimum Gasteiger partial charge on any atom is -0.376 e. The van der Waals surface area contributed by atoms with Crippen LogP contribution in [0.15, 0.2) is 0 Å². The van der Waals surface area contributed by atoms with Crippen LogP contribution in [-0.2, 0) is 9.47 Å². The predicted octanol–water partition coefficient (Wildman–Crippen LogP) is 1.83. The molecule has 4 nitrogen and oxygen atoms in total. The van der Waals surface area contributed by atoms with Crippen LogP contribution in [0.5, 0.6) is 0 Å². The molecule has 2 heterocycles. The SMILES string of the molecule is Cc1nc(C)c(C(C)NCC2COCCO2)s1. The van der Waals surface area contributed by atoms with Crippen LogP contribution in [0.1, 0.15) is 28.5 Å². The summed E-state index contributed by atoms with van der Waals surface area (Å²) < 4.78 is 11.0. The lowest BCUT2D eigenvalue weighted by Crippen LogP contribution is -2.38. The Bertz CT molecular complexity index is 361. The summed E-state index contributed by atoms with van der Waals surface area (Å²) in [6.07, 6.45) is 0.181. The third-order valence-corrected chi connectivity index (χ3v) is 4.12. The second-order valence-electron chi connectivity index (χ2n) is 4.38. The summed E-state index contributed by atoms with van der Waals surface area (Å²) in [7, 11) is 0. The molecule has 0 amide bonds. The standard InChI is InChI=1S/C12H20N2O2S/c1-8(12-9(2)14-10(3)17-12)13-6-11-7-15-4-5-16-11/h8,11,13H,4-7H2,1-3H3. The number of hydrogen-bond donors (Lipinski definition) is 1. The van der Waals surface area contributed by atoms with Gasteiger partial charge in [0, 0.05) is 17.5 Å². The summed E-state index contributed by atoms with van der Waals surface area (Å²) in [5.41, 5.74) is 1.13. The van der Waals surface area contributed by atoms with Crippen LogP contribution in [0.2, 0.25) is 0 Å². The molecule has 5 heteroatoms. The molecule has 1 aromatic rings. The van der Waals surface area contributed by atoms with E-state index < -0.39 is 0 Å². The van der Waals surface area contributed by atoms with Crippen molar-refractivity contribution in [2.24, 2.45) is 0 Å². The zero-order valence-electron chi connectivity index (χ0n) is 10.7. The van der Waals surface area contributed by atoms with Crippen LogP contribution in [-0.4, -0.2) is 37.5 Å². The Labute approximate surface area is 106 Å². The Morgan fingerprint density at radius 2 is 2.29 bits per heavy atom. The first kappa shape index (κ1) is 13.0. The highest BCUT2D eigenvalue weighted by Crippen LogP contribution is 2.24. The number of rotatable bonds is 4. The molecule has 96 valence electrons. The highest BCUT2D eigenvalue weighted by atomic mass is 32.1. The maximum atomic E-state index is 5.60. The van der Waals surface area contributed by atoms with Crippen molar-refractivity contribution < 1.29 is 9.47 Å². The van der Waals surface area contributed by atoms with E-state index in [1.807, 2.05) is 6.92 Å². The van der Waals surface area contributed by atoms with Crippen LogP contribution in [0.4, 0.5) is 0 Å². The van der Waals surface area contributed by atoms with Crippen LogP contribution in [0, 0.1) is 13.8 Å². The molecule has 1 fully saturated rings. The van der Waals surface area contributed by atoms with Gasteiger partial charge in [0.2, 0.25) is 0 Å². The zero-order valence-corrected chi connectivity index (χ0v) is 11.5. The molecule has 1 aliphatic heterocycles. The van der Waals surface area contributed by atoms with Gasteiger partial charge in [0.1, 0.15) is 0 Å². The van der Waals surface area contributed by atoms with Gasteiger partial charge in [-0.25, -0.2) is 4.98 Å². The molecule has 0 aromatic carbocycles. The summed E-state index contributed by atoms with van der Waals surface area (Å²) in [4.78, 5) is 5.77. The fraction of sp³-hybridized carbons (Fsp3) is 0.750. The monoisotopic (exact) mass is 256 g/mol. The third-order valence-electron chi connectivity index (χ3n) is 2.87. The minimum absolute atomic E-state index is 0.181. The first-order chi connectivity index (χ1) is 8.16. The van der Waals surface area contributed by atoms with E-state index in [0.717, 1.165) is 23.9 Å². The van der Waals surface area contributed by atoms with Crippen molar-refractivity contribution in [1.82, 2.24) is 10.3 Å². The number of thiazole rings is 1. The minimum atomic E-state index is 0.181. The molecular weight excluding hydrogens is 236 g/mol. The topological polar surface area (TPSA) is 43.4 Å². The normalized spacial score (nSPS) is 22.6. The molecule has 0 saturated carbocycles. The Hall–Kier alpha value is -0.490. The summed E-state index contributed by atoms with van der Waals surface area (Å²) >= 11 is 1.76. The first-order valence-corrected chi connectivity index (χ1v) is 6.85. The van der Waals surface area contributed by atoms with Crippen molar-refractivity contribution in [2.45, 2.75) is 32.9 Å². The van der Waals surface area contributed by atoms with E-state index in [2.05, 4.69) is 24.1 Å². The third kappa shape index (κ3) is 3.48. The molecule has 0 aliphatic carbocycles. The number of ether oxygens (including phenoxy) is 2. The van der Waals surface area contributed by atoms with Crippen molar-refractivity contribution in [3.8, 4) is 0 Å². The van der Waals surface area contributed by atoms with Crippen LogP contribution < -0.4 is 5.32 Å². The molecule has 0 spiro atoms. The molecule has 2 unspecified atom stereocenters. The van der Waals surface area contributed by atoms with Crippen molar-refractivity contribution >= 4 is 11.3 Å². The summed E-state index contributed by atoms with van der Waals surface area (Å²) in [5.74, 6) is 0. The van der Waals surface area contributed by atoms with Crippen LogP contribution >= 0.6 is 11.3 Å². The summed E-state index contributed by atoms with van der Waals surface area (Å²) in [6, 6.07) is 0.326. The van der Waals surface area contributed by atoms with Gasteiger partial charge in [-0.3, -0.25) is 0 Å². The van der Waals surface area contributed by atoms with Gasteiger partial charge >= 0.3 is 0 Å². The molecule has 17 heavy (non-hydrogen) atoms. The summed E-state index contributed by atoms with van der Waals surface area (Å²) in [6.45, 7) is 9.24. The molecule has 2 rings (SSSR count). The van der Waals surface area contributed by atoms with Crippen LogP contribution in [0.25, 0.3) is 0 Å². The average Bonchev–Trinajstić information content (AvgIpc) is 2.67. The predicted molar refractivity (Wildman–Crippen MR) is 68.6 cm³/mol. The van der Waals surface area contributed by atoms with Crippen molar-refractivity contribution in [2.75, 3.05) is 26.4 Å². The largest absolute Gasteiger partial charge is 0.376 e. The van der Waals surface area contributed by atoms with E-state index in [1.54, 1.807) is 11.3 Å². The Kier molecular flexibility index (Phi) is 4.50. The maximum Gasteiger partial charge on any atom is 0.0933 e. The summed E-state index contributed by atoms with van der Waals surface area (Å²) in [5, 5.41) is 4.62. The lowest BCUT2D eigenvalue weighted by Gasteiger charge is -2.24. The molecule has 2 atom stereocenters. The van der Waals surface area contributed by atoms with E-state index in [1.165, 1.54) is 4.88 Å². The van der Waals surface area contributed by atoms with Crippen molar-refractivity contribution in [3.63, 3.8) is 0 Å². The average molecular weight is 256 g/mol.